The Morgan fingerprint density at radius 2 is 2.25 bits per heavy atom. The molecule has 0 amide bonds. The zero-order valence-corrected chi connectivity index (χ0v) is 11.9. The molecule has 1 aromatic rings. The van der Waals surface area contributed by atoms with Crippen LogP contribution >= 0.6 is 0 Å². The third-order valence-corrected chi connectivity index (χ3v) is 4.22. The highest BCUT2D eigenvalue weighted by Gasteiger charge is 2.48. The van der Waals surface area contributed by atoms with Crippen LogP contribution in [0.3, 0.4) is 0 Å². The van der Waals surface area contributed by atoms with Crippen molar-refractivity contribution in [3.63, 3.8) is 0 Å². The lowest BCUT2D eigenvalue weighted by molar-refractivity contribution is -0.387. The molecule has 0 heterocycles. The summed E-state index contributed by atoms with van der Waals surface area (Å²) in [7, 11) is 1.70. The minimum Gasteiger partial charge on any atom is -0.381 e. The molecule has 0 bridgehead atoms. The molecule has 5 nitrogen and oxygen atoms in total. The highest BCUT2D eigenvalue weighted by atomic mass is 19.1. The van der Waals surface area contributed by atoms with Gasteiger partial charge in [-0.3, -0.25) is 10.1 Å². The summed E-state index contributed by atoms with van der Waals surface area (Å²) >= 11 is 0. The standard InChI is InChI=1S/C14H19FN2O3/c1-14(2)12(7-13(14)20-3)16-8-9-4-5-11(17(18)19)10(15)6-9/h4-6,12-13,16H,7-8H2,1-3H3. The predicted octanol–water partition coefficient (Wildman–Crippen LogP) is 2.64. The molecule has 110 valence electrons. The first kappa shape index (κ1) is 14.9. The van der Waals surface area contributed by atoms with E-state index in [0.717, 1.165) is 6.42 Å². The normalized spacial score (nSPS) is 24.2. The summed E-state index contributed by atoms with van der Waals surface area (Å²) in [6.45, 7) is 4.73. The van der Waals surface area contributed by atoms with Crippen molar-refractivity contribution >= 4 is 5.69 Å². The number of nitro groups is 1. The van der Waals surface area contributed by atoms with E-state index in [9.17, 15) is 14.5 Å². The maximum absolute atomic E-state index is 13.5. The fraction of sp³-hybridized carbons (Fsp3) is 0.571. The topological polar surface area (TPSA) is 64.4 Å². The molecule has 2 rings (SSSR count). The Morgan fingerprint density at radius 1 is 1.55 bits per heavy atom. The average Bonchev–Trinajstić information content (AvgIpc) is 2.37. The van der Waals surface area contributed by atoms with Crippen molar-refractivity contribution in [3.8, 4) is 0 Å². The number of hydrogen-bond acceptors (Lipinski definition) is 4. The summed E-state index contributed by atoms with van der Waals surface area (Å²) in [5, 5.41) is 13.9. The van der Waals surface area contributed by atoms with Crippen molar-refractivity contribution < 1.29 is 14.1 Å². The first-order valence-corrected chi connectivity index (χ1v) is 6.55. The van der Waals surface area contributed by atoms with Gasteiger partial charge in [-0.15, -0.1) is 0 Å². The fourth-order valence-corrected chi connectivity index (χ4v) is 2.68. The van der Waals surface area contributed by atoms with Crippen molar-refractivity contribution in [1.29, 1.82) is 0 Å². The Bertz CT molecular complexity index is 519. The van der Waals surface area contributed by atoms with E-state index in [-0.39, 0.29) is 11.5 Å². The van der Waals surface area contributed by atoms with Crippen LogP contribution in [-0.4, -0.2) is 24.2 Å². The van der Waals surface area contributed by atoms with Gasteiger partial charge < -0.3 is 10.1 Å². The number of halogens is 1. The number of nitrogens with zero attached hydrogens (tertiary/aromatic N) is 1. The molecular weight excluding hydrogens is 263 g/mol. The van der Waals surface area contributed by atoms with Crippen LogP contribution in [0.25, 0.3) is 0 Å². The Kier molecular flexibility index (Phi) is 4.06. The summed E-state index contributed by atoms with van der Waals surface area (Å²) in [6.07, 6.45) is 1.15. The SMILES string of the molecule is COC1CC(NCc2ccc([N+](=O)[O-])c(F)c2)C1(C)C. The average molecular weight is 282 g/mol. The molecule has 0 saturated heterocycles. The molecule has 0 radical (unpaired) electrons. The zero-order chi connectivity index (χ0) is 14.9. The highest BCUT2D eigenvalue weighted by Crippen LogP contribution is 2.42. The summed E-state index contributed by atoms with van der Waals surface area (Å²) in [6, 6.07) is 4.29. The molecule has 1 fully saturated rings. The molecule has 2 atom stereocenters. The monoisotopic (exact) mass is 282 g/mol. The minimum atomic E-state index is -0.795. The molecule has 0 aromatic heterocycles. The lowest BCUT2D eigenvalue weighted by atomic mass is 9.64. The minimum absolute atomic E-state index is 0.0358. The van der Waals surface area contributed by atoms with Gasteiger partial charge in [0.2, 0.25) is 5.82 Å². The summed E-state index contributed by atoms with van der Waals surface area (Å²) in [4.78, 5) is 9.83. The number of ether oxygens (including phenoxy) is 1. The van der Waals surface area contributed by atoms with Crippen LogP contribution in [0.2, 0.25) is 0 Å². The van der Waals surface area contributed by atoms with E-state index in [1.54, 1.807) is 13.2 Å². The number of nitrogens with one attached hydrogen (secondary N) is 1. The number of nitro benzene ring substituents is 1. The molecule has 6 heteroatoms. The fourth-order valence-electron chi connectivity index (χ4n) is 2.68. The third-order valence-electron chi connectivity index (χ3n) is 4.22. The van der Waals surface area contributed by atoms with E-state index in [4.69, 9.17) is 4.74 Å². The van der Waals surface area contributed by atoms with Gasteiger partial charge in [-0.2, -0.15) is 4.39 Å². The summed E-state index contributed by atoms with van der Waals surface area (Å²) in [5.74, 6) is -0.795. The van der Waals surface area contributed by atoms with Gasteiger partial charge in [0.15, 0.2) is 0 Å². The molecule has 1 aromatic carbocycles. The van der Waals surface area contributed by atoms with E-state index in [0.29, 0.717) is 18.2 Å². The van der Waals surface area contributed by atoms with Gasteiger partial charge >= 0.3 is 5.69 Å². The lowest BCUT2D eigenvalue weighted by Crippen LogP contribution is -2.60. The van der Waals surface area contributed by atoms with Crippen molar-refractivity contribution in [2.45, 2.75) is 39.0 Å². The van der Waals surface area contributed by atoms with Crippen molar-refractivity contribution in [2.24, 2.45) is 5.41 Å². The van der Waals surface area contributed by atoms with Crippen LogP contribution in [0.15, 0.2) is 18.2 Å². The molecule has 1 aliphatic carbocycles. The van der Waals surface area contributed by atoms with Gasteiger partial charge in [0.05, 0.1) is 11.0 Å². The molecule has 0 spiro atoms. The third kappa shape index (κ3) is 2.66. The number of benzene rings is 1. The van der Waals surface area contributed by atoms with Gasteiger partial charge in [-0.25, -0.2) is 0 Å². The lowest BCUT2D eigenvalue weighted by Gasteiger charge is -2.51. The first-order chi connectivity index (χ1) is 9.36. The number of rotatable bonds is 5. The zero-order valence-electron chi connectivity index (χ0n) is 11.9. The van der Waals surface area contributed by atoms with E-state index in [2.05, 4.69) is 19.2 Å². The summed E-state index contributed by atoms with van der Waals surface area (Å²) < 4.78 is 18.9. The largest absolute Gasteiger partial charge is 0.381 e. The Hall–Kier alpha value is -1.53. The summed E-state index contributed by atoms with van der Waals surface area (Å²) in [5.41, 5.74) is 0.246. The van der Waals surface area contributed by atoms with E-state index >= 15 is 0 Å². The van der Waals surface area contributed by atoms with Crippen LogP contribution in [-0.2, 0) is 11.3 Å². The van der Waals surface area contributed by atoms with Gasteiger partial charge in [0, 0.05) is 31.2 Å². The quantitative estimate of drug-likeness (QED) is 0.666. The molecule has 1 N–H and O–H groups in total. The first-order valence-electron chi connectivity index (χ1n) is 6.55. The van der Waals surface area contributed by atoms with Crippen LogP contribution in [0.5, 0.6) is 0 Å². The maximum atomic E-state index is 13.5. The van der Waals surface area contributed by atoms with Crippen LogP contribution in [0.4, 0.5) is 10.1 Å². The van der Waals surface area contributed by atoms with Crippen LogP contribution in [0, 0.1) is 21.3 Å². The number of hydrogen-bond donors (Lipinski definition) is 1. The predicted molar refractivity (Wildman–Crippen MR) is 72.9 cm³/mol. The second-order valence-corrected chi connectivity index (χ2v) is 5.76. The van der Waals surface area contributed by atoms with Gasteiger partial charge in [0.1, 0.15) is 0 Å². The number of methoxy groups -OCH3 is 1. The van der Waals surface area contributed by atoms with Crippen molar-refractivity contribution in [3.05, 3.63) is 39.7 Å². The maximum Gasteiger partial charge on any atom is 0.304 e. The van der Waals surface area contributed by atoms with Crippen LogP contribution < -0.4 is 5.32 Å². The van der Waals surface area contributed by atoms with E-state index in [1.807, 2.05) is 0 Å². The second kappa shape index (κ2) is 5.46. The molecule has 2 unspecified atom stereocenters. The Balaban J connectivity index is 1.96. The van der Waals surface area contributed by atoms with E-state index in [1.165, 1.54) is 12.1 Å². The molecule has 1 saturated carbocycles. The van der Waals surface area contributed by atoms with Crippen LogP contribution in [0.1, 0.15) is 25.8 Å². The van der Waals surface area contributed by atoms with E-state index < -0.39 is 16.4 Å². The molecule has 1 aliphatic rings. The van der Waals surface area contributed by atoms with Gasteiger partial charge in [0.25, 0.3) is 0 Å². The van der Waals surface area contributed by atoms with Crippen molar-refractivity contribution in [2.75, 3.05) is 7.11 Å². The molecule has 0 aliphatic heterocycles. The molecular formula is C14H19FN2O3. The van der Waals surface area contributed by atoms with Gasteiger partial charge in [-0.1, -0.05) is 19.9 Å². The Morgan fingerprint density at radius 3 is 2.75 bits per heavy atom. The molecule has 20 heavy (non-hydrogen) atoms. The second-order valence-electron chi connectivity index (χ2n) is 5.76. The van der Waals surface area contributed by atoms with Crippen molar-refractivity contribution in [1.82, 2.24) is 5.32 Å². The highest BCUT2D eigenvalue weighted by molar-refractivity contribution is 5.35. The smallest absolute Gasteiger partial charge is 0.304 e. The Labute approximate surface area is 117 Å². The van der Waals surface area contributed by atoms with Gasteiger partial charge in [-0.05, 0) is 18.1 Å².